The molecule has 0 saturated carbocycles. The summed E-state index contributed by atoms with van der Waals surface area (Å²) in [7, 11) is 0. The summed E-state index contributed by atoms with van der Waals surface area (Å²) in [5.74, 6) is -0.220. The molecule has 3 aromatic rings. The lowest BCUT2D eigenvalue weighted by Crippen LogP contribution is -2.44. The van der Waals surface area contributed by atoms with Crippen molar-refractivity contribution in [3.63, 3.8) is 0 Å². The van der Waals surface area contributed by atoms with Crippen LogP contribution in [0.3, 0.4) is 0 Å². The van der Waals surface area contributed by atoms with E-state index in [0.717, 1.165) is 22.2 Å². The highest BCUT2D eigenvalue weighted by molar-refractivity contribution is 6.44. The van der Waals surface area contributed by atoms with Crippen LogP contribution in [-0.4, -0.2) is 54.1 Å². The molecule has 6 nitrogen and oxygen atoms in total. The largest absolute Gasteiger partial charge is 0.492 e. The molecule has 1 aliphatic rings. The molecule has 2 aromatic carbocycles. The fraction of sp³-hybridized carbons (Fsp3) is 0.304. The Morgan fingerprint density at radius 2 is 1.90 bits per heavy atom. The zero-order valence-corrected chi connectivity index (χ0v) is 17.5. The van der Waals surface area contributed by atoms with Crippen LogP contribution in [0.5, 0.6) is 5.75 Å². The number of nitrogens with zero attached hydrogens (tertiary/aromatic N) is 2. The zero-order chi connectivity index (χ0) is 21.1. The number of amides is 1. The molecule has 30 heavy (non-hydrogen) atoms. The number of para-hydroxylation sites is 1. The lowest BCUT2D eigenvalue weighted by Gasteiger charge is -2.25. The Hall–Kier alpha value is -2.83. The Kier molecular flexibility index (Phi) is 6.06. The maximum Gasteiger partial charge on any atom is 0.295 e. The number of hydrogen-bond donors (Lipinski definition) is 0. The number of ketones is 1. The molecule has 0 atom stereocenters. The van der Waals surface area contributed by atoms with Crippen molar-refractivity contribution in [1.29, 1.82) is 0 Å². The summed E-state index contributed by atoms with van der Waals surface area (Å²) in [6.07, 6.45) is 1.75. The highest BCUT2D eigenvalue weighted by atomic mass is 35.5. The fourth-order valence-electron chi connectivity index (χ4n) is 3.61. The van der Waals surface area contributed by atoms with E-state index in [1.165, 1.54) is 0 Å². The van der Waals surface area contributed by atoms with Crippen LogP contribution in [0.4, 0.5) is 0 Å². The van der Waals surface area contributed by atoms with E-state index < -0.39 is 11.7 Å². The normalized spacial score (nSPS) is 14.1. The van der Waals surface area contributed by atoms with Gasteiger partial charge in [0.2, 0.25) is 0 Å². The first-order valence-corrected chi connectivity index (χ1v) is 10.3. The van der Waals surface area contributed by atoms with Gasteiger partial charge in [-0.15, -0.1) is 0 Å². The Balaban J connectivity index is 1.52. The van der Waals surface area contributed by atoms with Gasteiger partial charge in [0.05, 0.1) is 25.3 Å². The van der Waals surface area contributed by atoms with Gasteiger partial charge in [0.1, 0.15) is 12.4 Å². The molecular weight excluding hydrogens is 404 g/mol. The summed E-state index contributed by atoms with van der Waals surface area (Å²) in [6, 6.07) is 13.1. The van der Waals surface area contributed by atoms with E-state index in [1.807, 2.05) is 54.0 Å². The summed E-state index contributed by atoms with van der Waals surface area (Å²) < 4.78 is 13.1. The fourth-order valence-corrected chi connectivity index (χ4v) is 3.72. The van der Waals surface area contributed by atoms with Crippen molar-refractivity contribution in [2.24, 2.45) is 0 Å². The summed E-state index contributed by atoms with van der Waals surface area (Å²) in [5, 5.41) is 1.47. The van der Waals surface area contributed by atoms with Crippen LogP contribution in [0, 0.1) is 6.92 Å². The van der Waals surface area contributed by atoms with Crippen molar-refractivity contribution in [2.75, 3.05) is 32.9 Å². The molecule has 0 radical (unpaired) electrons. The maximum atomic E-state index is 12.9. The SMILES string of the molecule is Cc1cc(OCCn2cc(C(=O)C(=O)N3CCOCC3)c3ccccc32)ccc1Cl. The number of halogens is 1. The second-order valence-electron chi connectivity index (χ2n) is 7.25. The molecule has 1 aliphatic heterocycles. The molecule has 1 aromatic heterocycles. The van der Waals surface area contributed by atoms with E-state index in [4.69, 9.17) is 21.1 Å². The summed E-state index contributed by atoms with van der Waals surface area (Å²) in [4.78, 5) is 27.2. The number of aryl methyl sites for hydroxylation is 1. The van der Waals surface area contributed by atoms with E-state index in [-0.39, 0.29) is 0 Å². The minimum absolute atomic E-state index is 0.421. The second-order valence-corrected chi connectivity index (χ2v) is 7.65. The number of ether oxygens (including phenoxy) is 2. The van der Waals surface area contributed by atoms with Crippen molar-refractivity contribution in [1.82, 2.24) is 9.47 Å². The molecule has 4 rings (SSSR count). The monoisotopic (exact) mass is 426 g/mol. The number of carbonyl (C=O) groups is 2. The molecule has 0 aliphatic carbocycles. The Morgan fingerprint density at radius 3 is 2.67 bits per heavy atom. The highest BCUT2D eigenvalue weighted by Gasteiger charge is 2.27. The lowest BCUT2D eigenvalue weighted by atomic mass is 10.1. The average molecular weight is 427 g/mol. The van der Waals surface area contributed by atoms with E-state index >= 15 is 0 Å². The van der Waals surface area contributed by atoms with Gasteiger partial charge in [0, 0.05) is 35.2 Å². The molecule has 0 N–H and O–H groups in total. The van der Waals surface area contributed by atoms with Crippen molar-refractivity contribution in [2.45, 2.75) is 13.5 Å². The first kappa shape index (κ1) is 20.4. The third-order valence-corrected chi connectivity index (χ3v) is 5.68. The van der Waals surface area contributed by atoms with Gasteiger partial charge in [-0.1, -0.05) is 29.8 Å². The molecule has 0 unspecified atom stereocenters. The first-order chi connectivity index (χ1) is 14.5. The lowest BCUT2D eigenvalue weighted by molar-refractivity contribution is -0.130. The average Bonchev–Trinajstić information content (AvgIpc) is 3.14. The van der Waals surface area contributed by atoms with Crippen molar-refractivity contribution >= 4 is 34.2 Å². The van der Waals surface area contributed by atoms with Gasteiger partial charge < -0.3 is 18.9 Å². The number of carbonyl (C=O) groups excluding carboxylic acids is 2. The van der Waals surface area contributed by atoms with Crippen molar-refractivity contribution in [3.8, 4) is 5.75 Å². The number of hydrogen-bond acceptors (Lipinski definition) is 4. The third kappa shape index (κ3) is 4.20. The maximum absolute atomic E-state index is 12.9. The van der Waals surface area contributed by atoms with Gasteiger partial charge in [-0.25, -0.2) is 0 Å². The molecule has 1 saturated heterocycles. The number of aromatic nitrogens is 1. The van der Waals surface area contributed by atoms with E-state index in [9.17, 15) is 9.59 Å². The Bertz CT molecular complexity index is 1090. The number of Topliss-reactive ketones (excluding diaryl/α,β-unsaturated/α-hetero) is 1. The van der Waals surface area contributed by atoms with Crippen LogP contribution in [-0.2, 0) is 16.1 Å². The summed E-state index contributed by atoms with van der Waals surface area (Å²) in [6.45, 7) is 4.70. The van der Waals surface area contributed by atoms with Crippen LogP contribution in [0.25, 0.3) is 10.9 Å². The minimum Gasteiger partial charge on any atom is -0.492 e. The van der Waals surface area contributed by atoms with Gasteiger partial charge in [-0.2, -0.15) is 0 Å². The first-order valence-electron chi connectivity index (χ1n) is 9.93. The van der Waals surface area contributed by atoms with Crippen LogP contribution in [0.1, 0.15) is 15.9 Å². The van der Waals surface area contributed by atoms with E-state index in [1.54, 1.807) is 11.1 Å². The molecule has 2 heterocycles. The van der Waals surface area contributed by atoms with Crippen molar-refractivity contribution < 1.29 is 19.1 Å². The summed E-state index contributed by atoms with van der Waals surface area (Å²) >= 11 is 6.06. The molecule has 0 bridgehead atoms. The topological polar surface area (TPSA) is 60.8 Å². The van der Waals surface area contributed by atoms with Crippen LogP contribution in [0.2, 0.25) is 5.02 Å². The second kappa shape index (κ2) is 8.90. The highest BCUT2D eigenvalue weighted by Crippen LogP contribution is 2.24. The quantitative estimate of drug-likeness (QED) is 0.445. The third-order valence-electron chi connectivity index (χ3n) is 5.26. The number of fused-ring (bicyclic) bond motifs is 1. The van der Waals surface area contributed by atoms with Gasteiger partial charge >= 0.3 is 0 Å². The standard InChI is InChI=1S/C23H23ClN2O4/c1-16-14-17(6-7-20(16)24)30-13-10-26-15-19(18-4-2-3-5-21(18)26)22(27)23(28)25-8-11-29-12-9-25/h2-7,14-15H,8-13H2,1H3. The predicted octanol–water partition coefficient (Wildman–Crippen LogP) is 3.72. The van der Waals surface area contributed by atoms with E-state index in [0.29, 0.717) is 50.0 Å². The van der Waals surface area contributed by atoms with Crippen LogP contribution < -0.4 is 4.74 Å². The Labute approximate surface area is 179 Å². The van der Waals surface area contributed by atoms with Crippen LogP contribution >= 0.6 is 11.6 Å². The number of benzene rings is 2. The van der Waals surface area contributed by atoms with Crippen LogP contribution in [0.15, 0.2) is 48.7 Å². The van der Waals surface area contributed by atoms with Gasteiger partial charge in [-0.3, -0.25) is 9.59 Å². The van der Waals surface area contributed by atoms with E-state index in [2.05, 4.69) is 0 Å². The molecule has 1 fully saturated rings. The van der Waals surface area contributed by atoms with Gasteiger partial charge in [-0.05, 0) is 36.8 Å². The molecule has 1 amide bonds. The predicted molar refractivity (Wildman–Crippen MR) is 115 cm³/mol. The summed E-state index contributed by atoms with van der Waals surface area (Å²) in [5.41, 5.74) is 2.27. The van der Waals surface area contributed by atoms with Gasteiger partial charge in [0.25, 0.3) is 11.7 Å². The zero-order valence-electron chi connectivity index (χ0n) is 16.8. The smallest absolute Gasteiger partial charge is 0.295 e. The molecule has 0 spiro atoms. The minimum atomic E-state index is -0.485. The Morgan fingerprint density at radius 1 is 1.13 bits per heavy atom. The number of morpholine rings is 1. The van der Waals surface area contributed by atoms with Crippen molar-refractivity contribution in [3.05, 3.63) is 64.8 Å². The van der Waals surface area contributed by atoms with Gasteiger partial charge in [0.15, 0.2) is 0 Å². The molecule has 156 valence electrons. The molecule has 7 heteroatoms. The molecular formula is C23H23ClN2O4. The number of rotatable bonds is 6.